The van der Waals surface area contributed by atoms with Gasteiger partial charge in [-0.3, -0.25) is 19.2 Å². The highest BCUT2D eigenvalue weighted by Crippen LogP contribution is 2.14. The van der Waals surface area contributed by atoms with Gasteiger partial charge in [-0.2, -0.15) is 0 Å². The maximum Gasteiger partial charge on any atom is 0.326 e. The Hall–Kier alpha value is -3.95. The Morgan fingerprint density at radius 1 is 1.14 bits per heavy atom. The molecule has 2 aromatic heterocycles. The van der Waals surface area contributed by atoms with Crippen LogP contribution >= 0.6 is 0 Å². The number of esters is 1. The molecule has 2 heterocycles. The maximum atomic E-state index is 12.1. The van der Waals surface area contributed by atoms with Crippen LogP contribution in [-0.4, -0.2) is 40.8 Å². The summed E-state index contributed by atoms with van der Waals surface area (Å²) in [6, 6.07) is 9.79. The molecule has 0 spiro atoms. The first-order valence-corrected chi connectivity index (χ1v) is 8.71. The van der Waals surface area contributed by atoms with Crippen molar-refractivity contribution in [1.29, 1.82) is 0 Å². The number of ether oxygens (including phenoxy) is 1. The molecule has 3 rings (SSSR count). The number of amides is 2. The number of aromatic nitrogens is 2. The molecule has 0 bridgehead atoms. The smallest absolute Gasteiger partial charge is 0.326 e. The van der Waals surface area contributed by atoms with Gasteiger partial charge in [-0.15, -0.1) is 0 Å². The van der Waals surface area contributed by atoms with E-state index in [-0.39, 0.29) is 23.7 Å². The Labute approximate surface area is 164 Å². The van der Waals surface area contributed by atoms with E-state index in [1.165, 1.54) is 12.3 Å². The SMILES string of the molecule is C[C@@H](OC(=O)CNC(=O)CNC(=O)c1ccco1)c1nc2ccccc2c(=O)[nH]1. The summed E-state index contributed by atoms with van der Waals surface area (Å²) in [5, 5.41) is 5.11. The zero-order valence-electron chi connectivity index (χ0n) is 15.4. The Balaban J connectivity index is 1.48. The van der Waals surface area contributed by atoms with Gasteiger partial charge in [-0.25, -0.2) is 4.98 Å². The molecule has 0 radical (unpaired) electrons. The number of carbonyl (C=O) groups is 3. The molecule has 1 atom stereocenters. The largest absolute Gasteiger partial charge is 0.459 e. The lowest BCUT2D eigenvalue weighted by molar-refractivity contribution is -0.148. The average molecular weight is 398 g/mol. The molecule has 2 amide bonds. The molecular formula is C19H18N4O6. The van der Waals surface area contributed by atoms with Crippen LogP contribution in [0.1, 0.15) is 29.4 Å². The van der Waals surface area contributed by atoms with Gasteiger partial charge in [0, 0.05) is 0 Å². The standard InChI is InChI=1S/C19H18N4O6/c1-11(17-22-13-6-3-2-5-12(13)18(26)23-17)29-16(25)10-20-15(24)9-21-19(27)14-7-4-8-28-14/h2-8,11H,9-10H2,1H3,(H,20,24)(H,21,27)(H,22,23,26)/t11-/m1/s1. The number of hydrogen-bond donors (Lipinski definition) is 3. The minimum absolute atomic E-state index is 0.0721. The maximum absolute atomic E-state index is 12.1. The first kappa shape index (κ1) is 19.8. The van der Waals surface area contributed by atoms with Crippen LogP contribution in [0, 0.1) is 0 Å². The molecule has 10 heteroatoms. The molecule has 0 aliphatic rings. The van der Waals surface area contributed by atoms with Crippen molar-refractivity contribution in [3.8, 4) is 0 Å². The van der Waals surface area contributed by atoms with Crippen molar-refractivity contribution in [2.45, 2.75) is 13.0 Å². The van der Waals surface area contributed by atoms with E-state index in [0.717, 1.165) is 0 Å². The summed E-state index contributed by atoms with van der Waals surface area (Å²) in [6.45, 7) is 0.815. The zero-order chi connectivity index (χ0) is 20.8. The Kier molecular flexibility index (Phi) is 6.03. The first-order chi connectivity index (χ1) is 13.9. The third-order valence-electron chi connectivity index (χ3n) is 3.91. The molecule has 3 N–H and O–H groups in total. The predicted octanol–water partition coefficient (Wildman–Crippen LogP) is 0.666. The number of fused-ring (bicyclic) bond motifs is 1. The molecule has 0 saturated carbocycles. The zero-order valence-corrected chi connectivity index (χ0v) is 15.4. The van der Waals surface area contributed by atoms with E-state index >= 15 is 0 Å². The second-order valence-electron chi connectivity index (χ2n) is 6.04. The number of nitrogens with one attached hydrogen (secondary N) is 3. The monoisotopic (exact) mass is 398 g/mol. The van der Waals surface area contributed by atoms with E-state index < -0.39 is 30.4 Å². The Morgan fingerprint density at radius 3 is 2.69 bits per heavy atom. The van der Waals surface area contributed by atoms with Crippen LogP contribution in [0.15, 0.2) is 51.9 Å². The molecule has 29 heavy (non-hydrogen) atoms. The van der Waals surface area contributed by atoms with E-state index in [9.17, 15) is 19.2 Å². The van der Waals surface area contributed by atoms with Gasteiger partial charge in [0.15, 0.2) is 17.7 Å². The Morgan fingerprint density at radius 2 is 1.93 bits per heavy atom. The van der Waals surface area contributed by atoms with Gasteiger partial charge in [-0.05, 0) is 31.2 Å². The third-order valence-corrected chi connectivity index (χ3v) is 3.91. The van der Waals surface area contributed by atoms with Crippen molar-refractivity contribution >= 4 is 28.7 Å². The lowest BCUT2D eigenvalue weighted by Crippen LogP contribution is -2.39. The van der Waals surface area contributed by atoms with Gasteiger partial charge < -0.3 is 24.8 Å². The fourth-order valence-electron chi connectivity index (χ4n) is 2.48. The van der Waals surface area contributed by atoms with E-state index in [1.54, 1.807) is 37.3 Å². The number of furan rings is 1. The summed E-state index contributed by atoms with van der Waals surface area (Å²) in [5.41, 5.74) is 0.142. The number of hydrogen-bond acceptors (Lipinski definition) is 7. The number of aromatic amines is 1. The minimum atomic E-state index is -0.824. The third kappa shape index (κ3) is 5.06. The van der Waals surface area contributed by atoms with Gasteiger partial charge in [0.05, 0.1) is 23.7 Å². The Bertz CT molecular complexity index is 1090. The number of benzene rings is 1. The van der Waals surface area contributed by atoms with Crippen molar-refractivity contribution < 1.29 is 23.5 Å². The van der Waals surface area contributed by atoms with Crippen molar-refractivity contribution in [2.24, 2.45) is 0 Å². The van der Waals surface area contributed by atoms with Gasteiger partial charge in [0.2, 0.25) is 5.91 Å². The van der Waals surface area contributed by atoms with Crippen LogP contribution in [0.25, 0.3) is 10.9 Å². The number of para-hydroxylation sites is 1. The van der Waals surface area contributed by atoms with Gasteiger partial charge in [0.25, 0.3) is 11.5 Å². The summed E-state index contributed by atoms with van der Waals surface area (Å²) in [6.07, 6.45) is 0.513. The molecule has 10 nitrogen and oxygen atoms in total. The summed E-state index contributed by atoms with van der Waals surface area (Å²) < 4.78 is 10.1. The van der Waals surface area contributed by atoms with Crippen LogP contribution < -0.4 is 16.2 Å². The summed E-state index contributed by atoms with van der Waals surface area (Å²) >= 11 is 0. The van der Waals surface area contributed by atoms with Crippen LogP contribution in [0.2, 0.25) is 0 Å². The number of rotatable bonds is 7. The summed E-state index contributed by atoms with van der Waals surface area (Å²) in [4.78, 5) is 54.3. The highest BCUT2D eigenvalue weighted by Gasteiger charge is 2.16. The topological polar surface area (TPSA) is 143 Å². The molecule has 0 saturated heterocycles. The summed E-state index contributed by atoms with van der Waals surface area (Å²) in [7, 11) is 0. The minimum Gasteiger partial charge on any atom is -0.459 e. The normalized spacial score (nSPS) is 11.6. The molecular weight excluding hydrogens is 380 g/mol. The van der Waals surface area contributed by atoms with E-state index in [0.29, 0.717) is 10.9 Å². The molecule has 0 aliphatic carbocycles. The quantitative estimate of drug-likeness (QED) is 0.496. The predicted molar refractivity (Wildman–Crippen MR) is 101 cm³/mol. The second-order valence-corrected chi connectivity index (χ2v) is 6.04. The van der Waals surface area contributed by atoms with E-state index in [1.807, 2.05) is 0 Å². The van der Waals surface area contributed by atoms with Gasteiger partial charge >= 0.3 is 5.97 Å². The molecule has 0 fully saturated rings. The van der Waals surface area contributed by atoms with Crippen molar-refractivity contribution in [3.63, 3.8) is 0 Å². The lowest BCUT2D eigenvalue weighted by atomic mass is 10.2. The van der Waals surface area contributed by atoms with Crippen molar-refractivity contribution in [2.75, 3.05) is 13.1 Å². The van der Waals surface area contributed by atoms with Crippen LogP contribution in [0.5, 0.6) is 0 Å². The van der Waals surface area contributed by atoms with Crippen LogP contribution in [0.3, 0.4) is 0 Å². The average Bonchev–Trinajstić information content (AvgIpc) is 3.25. The van der Waals surface area contributed by atoms with Crippen molar-refractivity contribution in [3.05, 3.63) is 64.6 Å². The summed E-state index contributed by atoms with van der Waals surface area (Å²) in [5.74, 6) is -1.58. The fourth-order valence-corrected chi connectivity index (χ4v) is 2.48. The second kappa shape index (κ2) is 8.83. The molecule has 0 aliphatic heterocycles. The van der Waals surface area contributed by atoms with Crippen LogP contribution in [0.4, 0.5) is 0 Å². The van der Waals surface area contributed by atoms with Crippen molar-refractivity contribution in [1.82, 2.24) is 20.6 Å². The number of H-pyrrole nitrogens is 1. The van der Waals surface area contributed by atoms with Gasteiger partial charge in [-0.1, -0.05) is 12.1 Å². The molecule has 1 aromatic carbocycles. The highest BCUT2D eigenvalue weighted by molar-refractivity contribution is 5.94. The molecule has 0 unspecified atom stereocenters. The first-order valence-electron chi connectivity index (χ1n) is 8.71. The fraction of sp³-hybridized carbons (Fsp3) is 0.211. The number of carbonyl (C=O) groups excluding carboxylic acids is 3. The molecule has 150 valence electrons. The van der Waals surface area contributed by atoms with Crippen LogP contribution in [-0.2, 0) is 14.3 Å². The highest BCUT2D eigenvalue weighted by atomic mass is 16.5. The van der Waals surface area contributed by atoms with E-state index in [2.05, 4.69) is 20.6 Å². The van der Waals surface area contributed by atoms with E-state index in [4.69, 9.17) is 9.15 Å². The molecule has 3 aromatic rings. The number of nitrogens with zero attached hydrogens (tertiary/aromatic N) is 1. The lowest BCUT2D eigenvalue weighted by Gasteiger charge is -2.13. The van der Waals surface area contributed by atoms with Gasteiger partial charge in [0.1, 0.15) is 6.54 Å².